The van der Waals surface area contributed by atoms with E-state index in [4.69, 9.17) is 23.7 Å². The van der Waals surface area contributed by atoms with Crippen molar-refractivity contribution in [2.75, 3.05) is 35.5 Å². The lowest BCUT2D eigenvalue weighted by Gasteiger charge is -2.30. The highest BCUT2D eigenvalue weighted by Gasteiger charge is 2.69. The van der Waals surface area contributed by atoms with E-state index >= 15 is 0 Å². The molecule has 1 atom stereocenters. The third-order valence-corrected chi connectivity index (χ3v) is 5.53. The number of rotatable bonds is 9. The highest BCUT2D eigenvalue weighted by molar-refractivity contribution is 6.10. The minimum Gasteiger partial charge on any atom is -0.497 e. The van der Waals surface area contributed by atoms with Crippen molar-refractivity contribution in [1.82, 2.24) is 15.5 Å². The first-order chi connectivity index (χ1) is 17.5. The van der Waals surface area contributed by atoms with E-state index in [1.807, 2.05) is 0 Å². The van der Waals surface area contributed by atoms with Crippen molar-refractivity contribution in [2.24, 2.45) is 0 Å². The van der Waals surface area contributed by atoms with Gasteiger partial charge >= 0.3 is 12.2 Å². The molecule has 0 bridgehead atoms. The third kappa shape index (κ3) is 4.86. The van der Waals surface area contributed by atoms with E-state index in [1.54, 1.807) is 10.6 Å². The minimum absolute atomic E-state index is 0.0610. The van der Waals surface area contributed by atoms with Crippen molar-refractivity contribution >= 4 is 17.8 Å². The topological polar surface area (TPSA) is 125 Å². The first kappa shape index (κ1) is 27.2. The fourth-order valence-electron chi connectivity index (χ4n) is 3.73. The summed E-state index contributed by atoms with van der Waals surface area (Å²) in [6.07, 6.45) is -5.42. The molecule has 0 aromatic heterocycles. The molecule has 1 heterocycles. The Labute approximate surface area is 209 Å². The molecule has 0 aliphatic carbocycles. The van der Waals surface area contributed by atoms with Crippen LogP contribution in [0.2, 0.25) is 0 Å². The molecule has 1 aliphatic rings. The number of imide groups is 1. The standard InChI is InChI=1S/C23H24F3N3O8/c1-33-13-8-12(9-14(10-13)34-2)11-29-20(31)22(23(24,25)26,28-21(29)32)27-19(30)15-6-7-16(35-3)18(37-5)17(15)36-4/h6-10H,11H2,1-5H3,(H,27,30)(H,28,32)/t22-/m1/s1. The van der Waals surface area contributed by atoms with Crippen LogP contribution in [-0.2, 0) is 11.3 Å². The summed E-state index contributed by atoms with van der Waals surface area (Å²) in [6.45, 7) is -0.564. The van der Waals surface area contributed by atoms with E-state index in [0.29, 0.717) is 4.90 Å². The molecule has 0 saturated carbocycles. The van der Waals surface area contributed by atoms with Gasteiger partial charge in [-0.2, -0.15) is 13.2 Å². The predicted octanol–water partition coefficient (Wildman–Crippen LogP) is 2.47. The third-order valence-electron chi connectivity index (χ3n) is 5.53. The predicted molar refractivity (Wildman–Crippen MR) is 121 cm³/mol. The molecule has 2 N–H and O–H groups in total. The number of halogens is 3. The van der Waals surface area contributed by atoms with Gasteiger partial charge in [-0.15, -0.1) is 0 Å². The van der Waals surface area contributed by atoms with Crippen LogP contribution >= 0.6 is 0 Å². The number of hydrogen-bond donors (Lipinski definition) is 2. The molecular formula is C23H24F3N3O8. The maximum Gasteiger partial charge on any atom is 0.440 e. The van der Waals surface area contributed by atoms with Gasteiger partial charge in [-0.25, -0.2) is 4.79 Å². The monoisotopic (exact) mass is 527 g/mol. The van der Waals surface area contributed by atoms with Crippen LogP contribution < -0.4 is 34.3 Å². The molecule has 2 aromatic carbocycles. The summed E-state index contributed by atoms with van der Waals surface area (Å²) in [5.74, 6) is -2.68. The molecule has 37 heavy (non-hydrogen) atoms. The summed E-state index contributed by atoms with van der Waals surface area (Å²) in [5.41, 5.74) is -3.91. The zero-order valence-electron chi connectivity index (χ0n) is 20.4. The van der Waals surface area contributed by atoms with Gasteiger partial charge in [-0.3, -0.25) is 19.8 Å². The zero-order valence-corrected chi connectivity index (χ0v) is 20.4. The summed E-state index contributed by atoms with van der Waals surface area (Å²) in [5, 5.41) is 3.24. The maximum atomic E-state index is 14.3. The van der Waals surface area contributed by atoms with Gasteiger partial charge in [0.25, 0.3) is 17.5 Å². The van der Waals surface area contributed by atoms with Crippen LogP contribution in [-0.4, -0.2) is 70.1 Å². The van der Waals surface area contributed by atoms with Crippen molar-refractivity contribution in [1.29, 1.82) is 0 Å². The average Bonchev–Trinajstić information content (AvgIpc) is 3.11. The molecule has 11 nitrogen and oxygen atoms in total. The second kappa shape index (κ2) is 10.3. The summed E-state index contributed by atoms with van der Waals surface area (Å²) < 4.78 is 68.6. The molecule has 4 amide bonds. The number of nitrogens with one attached hydrogen (secondary N) is 2. The highest BCUT2D eigenvalue weighted by Crippen LogP contribution is 2.41. The van der Waals surface area contributed by atoms with Gasteiger partial charge in [-0.1, -0.05) is 0 Å². The van der Waals surface area contributed by atoms with Crippen molar-refractivity contribution < 1.29 is 51.2 Å². The van der Waals surface area contributed by atoms with Crippen LogP contribution in [0.15, 0.2) is 30.3 Å². The summed E-state index contributed by atoms with van der Waals surface area (Å²) in [7, 11) is 6.44. The summed E-state index contributed by atoms with van der Waals surface area (Å²) in [6, 6.07) is 5.37. The molecule has 3 rings (SSSR count). The zero-order chi connectivity index (χ0) is 27.5. The van der Waals surface area contributed by atoms with Crippen LogP contribution in [0.4, 0.5) is 18.0 Å². The Morgan fingerprint density at radius 1 is 0.919 bits per heavy atom. The molecule has 2 aromatic rings. The highest BCUT2D eigenvalue weighted by atomic mass is 19.4. The van der Waals surface area contributed by atoms with Gasteiger partial charge in [0.05, 0.1) is 47.7 Å². The number of carbonyl (C=O) groups excluding carboxylic acids is 3. The number of methoxy groups -OCH3 is 5. The van der Waals surface area contributed by atoms with Gasteiger partial charge in [0, 0.05) is 6.07 Å². The number of urea groups is 1. The number of alkyl halides is 3. The average molecular weight is 527 g/mol. The molecule has 0 spiro atoms. The van der Waals surface area contributed by atoms with Crippen molar-refractivity contribution in [3.63, 3.8) is 0 Å². The van der Waals surface area contributed by atoms with Gasteiger partial charge in [0.2, 0.25) is 5.75 Å². The minimum atomic E-state index is -5.42. The van der Waals surface area contributed by atoms with E-state index in [-0.39, 0.29) is 34.3 Å². The molecule has 1 saturated heterocycles. The Morgan fingerprint density at radius 3 is 2.00 bits per heavy atom. The van der Waals surface area contributed by atoms with Gasteiger partial charge < -0.3 is 29.0 Å². The van der Waals surface area contributed by atoms with Gasteiger partial charge in [0.15, 0.2) is 11.5 Å². The quantitative estimate of drug-likeness (QED) is 0.477. The lowest BCUT2D eigenvalue weighted by molar-refractivity contribution is -0.200. The van der Waals surface area contributed by atoms with Gasteiger partial charge in [0.1, 0.15) is 11.5 Å². The number of hydrogen-bond acceptors (Lipinski definition) is 8. The lowest BCUT2D eigenvalue weighted by Crippen LogP contribution is -2.69. The van der Waals surface area contributed by atoms with Crippen LogP contribution in [0.5, 0.6) is 28.7 Å². The Bertz CT molecular complexity index is 1200. The number of amides is 4. The Balaban J connectivity index is 2.00. The Kier molecular flexibility index (Phi) is 7.60. The van der Waals surface area contributed by atoms with E-state index in [1.165, 1.54) is 59.8 Å². The molecule has 1 fully saturated rings. The summed E-state index contributed by atoms with van der Waals surface area (Å²) >= 11 is 0. The van der Waals surface area contributed by atoms with Crippen molar-refractivity contribution in [2.45, 2.75) is 18.4 Å². The van der Waals surface area contributed by atoms with E-state index in [2.05, 4.69) is 0 Å². The first-order valence-electron chi connectivity index (χ1n) is 10.5. The SMILES string of the molecule is COc1cc(CN2C(=O)N[C@@](NC(=O)c3ccc(OC)c(OC)c3OC)(C(F)(F)F)C2=O)cc(OC)c1. The van der Waals surface area contributed by atoms with Crippen LogP contribution in [0, 0.1) is 0 Å². The fraction of sp³-hybridized carbons (Fsp3) is 0.348. The molecule has 0 unspecified atom stereocenters. The fourth-order valence-corrected chi connectivity index (χ4v) is 3.73. The number of carbonyl (C=O) groups is 3. The van der Waals surface area contributed by atoms with E-state index < -0.39 is 41.8 Å². The van der Waals surface area contributed by atoms with Crippen molar-refractivity contribution in [3.05, 3.63) is 41.5 Å². The van der Waals surface area contributed by atoms with Crippen LogP contribution in [0.3, 0.4) is 0 Å². The largest absolute Gasteiger partial charge is 0.497 e. The van der Waals surface area contributed by atoms with E-state index in [9.17, 15) is 27.6 Å². The summed E-state index contributed by atoms with van der Waals surface area (Å²) in [4.78, 5) is 39.1. The molecule has 0 radical (unpaired) electrons. The normalized spacial score (nSPS) is 17.2. The number of nitrogens with zero attached hydrogens (tertiary/aromatic N) is 1. The second-order valence-electron chi connectivity index (χ2n) is 7.63. The van der Waals surface area contributed by atoms with Crippen molar-refractivity contribution in [3.8, 4) is 28.7 Å². The Hall–Kier alpha value is -4.36. The maximum absolute atomic E-state index is 14.3. The van der Waals surface area contributed by atoms with Crippen LogP contribution in [0.1, 0.15) is 15.9 Å². The van der Waals surface area contributed by atoms with E-state index in [0.717, 1.165) is 6.07 Å². The molecular weight excluding hydrogens is 503 g/mol. The van der Waals surface area contributed by atoms with Crippen LogP contribution in [0.25, 0.3) is 0 Å². The molecule has 200 valence electrons. The molecule has 1 aliphatic heterocycles. The first-order valence-corrected chi connectivity index (χ1v) is 10.5. The Morgan fingerprint density at radius 2 is 1.51 bits per heavy atom. The molecule has 14 heteroatoms. The number of benzene rings is 2. The lowest BCUT2D eigenvalue weighted by atomic mass is 10.1. The second-order valence-corrected chi connectivity index (χ2v) is 7.63. The smallest absolute Gasteiger partial charge is 0.440 e. The van der Waals surface area contributed by atoms with Gasteiger partial charge in [-0.05, 0) is 29.8 Å². The number of ether oxygens (including phenoxy) is 5.